The number of ether oxygens (including phenoxy) is 1. The zero-order valence-electron chi connectivity index (χ0n) is 13.8. The highest BCUT2D eigenvalue weighted by molar-refractivity contribution is 5.92. The monoisotopic (exact) mass is 337 g/mol. The first-order valence-corrected chi connectivity index (χ1v) is 7.88. The molecule has 1 heterocycles. The van der Waals surface area contributed by atoms with Crippen LogP contribution >= 0.6 is 0 Å². The van der Waals surface area contributed by atoms with Crippen LogP contribution in [0.25, 0.3) is 5.69 Å². The van der Waals surface area contributed by atoms with Gasteiger partial charge in [0, 0.05) is 6.20 Å². The number of nitrogens with zero attached hydrogens (tertiary/aromatic N) is 2. The van der Waals surface area contributed by atoms with Crippen molar-refractivity contribution in [2.75, 3.05) is 13.7 Å². The molecule has 6 nitrogen and oxygen atoms in total. The van der Waals surface area contributed by atoms with E-state index >= 15 is 0 Å². The zero-order chi connectivity index (χ0) is 17.6. The predicted molar refractivity (Wildman–Crippen MR) is 93.9 cm³/mol. The first-order chi connectivity index (χ1) is 12.2. The SMILES string of the molecule is COc1ccc(-n2ccc(C(=O)NC(CO)c3ccccc3)n2)cc1. The highest BCUT2D eigenvalue weighted by Gasteiger charge is 2.17. The molecular weight excluding hydrogens is 318 g/mol. The first kappa shape index (κ1) is 16.7. The Morgan fingerprint density at radius 1 is 1.16 bits per heavy atom. The van der Waals surface area contributed by atoms with E-state index in [1.807, 2.05) is 54.6 Å². The van der Waals surface area contributed by atoms with Crippen LogP contribution in [0.2, 0.25) is 0 Å². The Morgan fingerprint density at radius 2 is 1.88 bits per heavy atom. The van der Waals surface area contributed by atoms with E-state index in [9.17, 15) is 9.90 Å². The van der Waals surface area contributed by atoms with E-state index in [0.29, 0.717) is 0 Å². The fourth-order valence-corrected chi connectivity index (χ4v) is 2.48. The molecule has 3 aromatic rings. The molecule has 1 amide bonds. The van der Waals surface area contributed by atoms with Gasteiger partial charge in [-0.25, -0.2) is 4.68 Å². The standard InChI is InChI=1S/C19H19N3O3/c1-25-16-9-7-15(8-10-16)22-12-11-17(21-22)19(24)20-18(13-23)14-5-3-2-4-6-14/h2-12,18,23H,13H2,1H3,(H,20,24). The maximum Gasteiger partial charge on any atom is 0.272 e. The summed E-state index contributed by atoms with van der Waals surface area (Å²) in [5.74, 6) is 0.415. The van der Waals surface area contributed by atoms with E-state index in [4.69, 9.17) is 4.74 Å². The number of methoxy groups -OCH3 is 1. The Balaban J connectivity index is 1.73. The number of rotatable bonds is 6. The second kappa shape index (κ2) is 7.63. The van der Waals surface area contributed by atoms with Crippen LogP contribution in [0, 0.1) is 0 Å². The Hall–Kier alpha value is -3.12. The first-order valence-electron chi connectivity index (χ1n) is 7.88. The summed E-state index contributed by atoms with van der Waals surface area (Å²) < 4.78 is 6.75. The van der Waals surface area contributed by atoms with Gasteiger partial charge in [-0.15, -0.1) is 0 Å². The molecule has 3 rings (SSSR count). The number of nitrogens with one attached hydrogen (secondary N) is 1. The average molecular weight is 337 g/mol. The van der Waals surface area contributed by atoms with Crippen LogP contribution in [-0.4, -0.2) is 34.5 Å². The molecule has 0 spiro atoms. The van der Waals surface area contributed by atoms with Crippen molar-refractivity contribution in [1.82, 2.24) is 15.1 Å². The normalized spacial score (nSPS) is 11.8. The summed E-state index contributed by atoms with van der Waals surface area (Å²) in [5.41, 5.74) is 1.94. The summed E-state index contributed by atoms with van der Waals surface area (Å²) >= 11 is 0. The number of carbonyl (C=O) groups is 1. The van der Waals surface area contributed by atoms with Crippen molar-refractivity contribution in [3.63, 3.8) is 0 Å². The highest BCUT2D eigenvalue weighted by Crippen LogP contribution is 2.15. The molecule has 0 aliphatic heterocycles. The van der Waals surface area contributed by atoms with Crippen LogP contribution in [-0.2, 0) is 0 Å². The number of amides is 1. The van der Waals surface area contributed by atoms with Crippen molar-refractivity contribution in [2.45, 2.75) is 6.04 Å². The molecule has 0 saturated carbocycles. The van der Waals surface area contributed by atoms with Gasteiger partial charge in [0.25, 0.3) is 5.91 Å². The largest absolute Gasteiger partial charge is 0.497 e. The van der Waals surface area contributed by atoms with Gasteiger partial charge in [-0.05, 0) is 35.9 Å². The second-order valence-corrected chi connectivity index (χ2v) is 5.46. The highest BCUT2D eigenvalue weighted by atomic mass is 16.5. The van der Waals surface area contributed by atoms with Crippen molar-refractivity contribution in [3.05, 3.63) is 78.1 Å². The Morgan fingerprint density at radius 3 is 2.52 bits per heavy atom. The maximum atomic E-state index is 12.4. The number of hydrogen-bond donors (Lipinski definition) is 2. The van der Waals surface area contributed by atoms with E-state index in [2.05, 4.69) is 10.4 Å². The van der Waals surface area contributed by atoms with Crippen LogP contribution in [0.1, 0.15) is 22.1 Å². The Labute approximate surface area is 145 Å². The van der Waals surface area contributed by atoms with Gasteiger partial charge in [-0.3, -0.25) is 4.79 Å². The summed E-state index contributed by atoms with van der Waals surface area (Å²) in [6.07, 6.45) is 1.72. The van der Waals surface area contributed by atoms with Crippen molar-refractivity contribution in [3.8, 4) is 11.4 Å². The smallest absolute Gasteiger partial charge is 0.272 e. The van der Waals surface area contributed by atoms with E-state index < -0.39 is 6.04 Å². The summed E-state index contributed by atoms with van der Waals surface area (Å²) in [4.78, 5) is 12.4. The Bertz CT molecular complexity index is 829. The van der Waals surface area contributed by atoms with Crippen LogP contribution in [0.5, 0.6) is 5.75 Å². The van der Waals surface area contributed by atoms with Crippen molar-refractivity contribution >= 4 is 5.91 Å². The van der Waals surface area contributed by atoms with E-state index in [-0.39, 0.29) is 18.2 Å². The van der Waals surface area contributed by atoms with E-state index in [1.54, 1.807) is 24.1 Å². The molecule has 0 aliphatic rings. The molecule has 25 heavy (non-hydrogen) atoms. The molecule has 1 aromatic heterocycles. The molecular formula is C19H19N3O3. The third-order valence-corrected chi connectivity index (χ3v) is 3.85. The van der Waals surface area contributed by atoms with Gasteiger partial charge in [0.1, 0.15) is 5.75 Å². The number of carbonyl (C=O) groups excluding carboxylic acids is 1. The molecule has 1 unspecified atom stereocenters. The fraction of sp³-hybridized carbons (Fsp3) is 0.158. The quantitative estimate of drug-likeness (QED) is 0.724. The predicted octanol–water partition coefficient (Wildman–Crippen LogP) is 2.34. The summed E-state index contributed by atoms with van der Waals surface area (Å²) in [6, 6.07) is 17.9. The van der Waals surface area contributed by atoms with Crippen molar-refractivity contribution in [1.29, 1.82) is 0 Å². The van der Waals surface area contributed by atoms with E-state index in [0.717, 1.165) is 17.0 Å². The molecule has 2 aromatic carbocycles. The lowest BCUT2D eigenvalue weighted by molar-refractivity contribution is 0.0910. The minimum Gasteiger partial charge on any atom is -0.497 e. The van der Waals surface area contributed by atoms with Gasteiger partial charge >= 0.3 is 0 Å². The number of aliphatic hydroxyl groups excluding tert-OH is 1. The van der Waals surface area contributed by atoms with Crippen LogP contribution in [0.4, 0.5) is 0 Å². The summed E-state index contributed by atoms with van der Waals surface area (Å²) in [5, 5.41) is 16.7. The van der Waals surface area contributed by atoms with Crippen molar-refractivity contribution < 1.29 is 14.6 Å². The third-order valence-electron chi connectivity index (χ3n) is 3.85. The molecule has 1 atom stereocenters. The number of aliphatic hydroxyl groups is 1. The molecule has 0 bridgehead atoms. The molecule has 0 saturated heterocycles. The third kappa shape index (κ3) is 3.87. The van der Waals surface area contributed by atoms with Crippen LogP contribution in [0.3, 0.4) is 0 Å². The number of aromatic nitrogens is 2. The zero-order valence-corrected chi connectivity index (χ0v) is 13.8. The minimum absolute atomic E-state index is 0.186. The molecule has 0 radical (unpaired) electrons. The molecule has 128 valence electrons. The lowest BCUT2D eigenvalue weighted by Gasteiger charge is -2.15. The van der Waals surface area contributed by atoms with E-state index in [1.165, 1.54) is 0 Å². The number of hydrogen-bond acceptors (Lipinski definition) is 4. The minimum atomic E-state index is -0.472. The van der Waals surface area contributed by atoms with Crippen molar-refractivity contribution in [2.24, 2.45) is 0 Å². The van der Waals surface area contributed by atoms with Gasteiger partial charge < -0.3 is 15.2 Å². The number of benzene rings is 2. The summed E-state index contributed by atoms with van der Waals surface area (Å²) in [6.45, 7) is -0.186. The van der Waals surface area contributed by atoms with Crippen LogP contribution in [0.15, 0.2) is 66.9 Å². The lowest BCUT2D eigenvalue weighted by atomic mass is 10.1. The van der Waals surface area contributed by atoms with Crippen LogP contribution < -0.4 is 10.1 Å². The topological polar surface area (TPSA) is 76.4 Å². The lowest BCUT2D eigenvalue weighted by Crippen LogP contribution is -2.31. The second-order valence-electron chi connectivity index (χ2n) is 5.46. The molecule has 2 N–H and O–H groups in total. The van der Waals surface area contributed by atoms with Gasteiger partial charge in [-0.2, -0.15) is 5.10 Å². The fourth-order valence-electron chi connectivity index (χ4n) is 2.48. The molecule has 6 heteroatoms. The van der Waals surface area contributed by atoms with Gasteiger partial charge in [0.05, 0.1) is 25.4 Å². The average Bonchev–Trinajstić information content (AvgIpc) is 3.17. The molecule has 0 aliphatic carbocycles. The molecule has 0 fully saturated rings. The summed E-state index contributed by atoms with van der Waals surface area (Å²) in [7, 11) is 1.61. The Kier molecular flexibility index (Phi) is 5.11. The van der Waals surface area contributed by atoms with Gasteiger partial charge in [0.15, 0.2) is 5.69 Å². The maximum absolute atomic E-state index is 12.4. The van der Waals surface area contributed by atoms with Gasteiger partial charge in [0.2, 0.25) is 0 Å². The van der Waals surface area contributed by atoms with Gasteiger partial charge in [-0.1, -0.05) is 30.3 Å².